The van der Waals surface area contributed by atoms with E-state index < -0.39 is 15.9 Å². The van der Waals surface area contributed by atoms with Gasteiger partial charge in [-0.15, -0.1) is 0 Å². The molecular formula is C23H27N3O4S. The predicted molar refractivity (Wildman–Crippen MR) is 119 cm³/mol. The summed E-state index contributed by atoms with van der Waals surface area (Å²) >= 11 is 0. The van der Waals surface area contributed by atoms with Crippen molar-refractivity contribution in [3.8, 4) is 5.75 Å². The highest BCUT2D eigenvalue weighted by molar-refractivity contribution is 7.90. The van der Waals surface area contributed by atoms with Gasteiger partial charge in [0, 0.05) is 11.0 Å². The lowest BCUT2D eigenvalue weighted by molar-refractivity contribution is 0.0969. The van der Waals surface area contributed by atoms with Crippen LogP contribution in [0.1, 0.15) is 55.5 Å². The summed E-state index contributed by atoms with van der Waals surface area (Å²) in [5, 5.41) is 4.66. The fourth-order valence-corrected chi connectivity index (χ4v) is 4.18. The van der Waals surface area contributed by atoms with Crippen molar-refractivity contribution >= 4 is 15.9 Å². The zero-order chi connectivity index (χ0) is 22.8. The number of benzene rings is 2. The Kier molecular flexibility index (Phi) is 6.22. The van der Waals surface area contributed by atoms with E-state index in [4.69, 9.17) is 4.74 Å². The summed E-state index contributed by atoms with van der Waals surface area (Å²) in [6.07, 6.45) is 0. The van der Waals surface area contributed by atoms with E-state index in [1.807, 2.05) is 52.0 Å². The fourth-order valence-electron chi connectivity index (χ4n) is 3.20. The first-order valence-corrected chi connectivity index (χ1v) is 11.4. The smallest absolute Gasteiger partial charge is 0.283 e. The maximum absolute atomic E-state index is 13.1. The van der Waals surface area contributed by atoms with Crippen LogP contribution in [-0.2, 0) is 15.4 Å². The van der Waals surface area contributed by atoms with Crippen LogP contribution >= 0.6 is 0 Å². The van der Waals surface area contributed by atoms with Gasteiger partial charge in [-0.2, -0.15) is 5.10 Å². The van der Waals surface area contributed by atoms with Gasteiger partial charge in [0.05, 0.1) is 23.7 Å². The molecule has 0 radical (unpaired) electrons. The molecule has 0 fully saturated rings. The van der Waals surface area contributed by atoms with Gasteiger partial charge in [-0.1, -0.05) is 57.2 Å². The molecule has 0 aliphatic carbocycles. The Morgan fingerprint density at radius 3 is 2.29 bits per heavy atom. The van der Waals surface area contributed by atoms with Crippen LogP contribution in [-0.4, -0.2) is 31.2 Å². The summed E-state index contributed by atoms with van der Waals surface area (Å²) in [7, 11) is -2.44. The molecule has 0 aliphatic rings. The number of carbonyl (C=O) groups is 1. The molecule has 31 heavy (non-hydrogen) atoms. The molecule has 0 saturated carbocycles. The molecule has 0 spiro atoms. The number of methoxy groups -OCH3 is 1. The predicted octanol–water partition coefficient (Wildman–Crippen LogP) is 3.92. The number of sulfonamides is 1. The normalized spacial score (nSPS) is 12.9. The van der Waals surface area contributed by atoms with E-state index in [0.717, 1.165) is 5.56 Å². The fraction of sp³-hybridized carbons (Fsp3) is 0.304. The highest BCUT2D eigenvalue weighted by Gasteiger charge is 2.28. The first-order chi connectivity index (χ1) is 14.5. The molecule has 1 amide bonds. The third kappa shape index (κ3) is 4.80. The summed E-state index contributed by atoms with van der Waals surface area (Å²) in [4.78, 5) is 13.1. The Morgan fingerprint density at radius 1 is 1.06 bits per heavy atom. The molecule has 1 unspecified atom stereocenters. The number of amides is 1. The van der Waals surface area contributed by atoms with Crippen LogP contribution in [0.2, 0.25) is 0 Å². The van der Waals surface area contributed by atoms with Crippen molar-refractivity contribution < 1.29 is 17.9 Å². The molecule has 0 saturated heterocycles. The van der Waals surface area contributed by atoms with Crippen molar-refractivity contribution in [2.75, 3.05) is 7.11 Å². The van der Waals surface area contributed by atoms with Gasteiger partial charge in [-0.25, -0.2) is 13.1 Å². The second kappa shape index (κ2) is 8.55. The zero-order valence-electron chi connectivity index (χ0n) is 18.3. The number of aromatic nitrogens is 2. The molecule has 1 aromatic heterocycles. The minimum atomic E-state index is -4.02. The van der Waals surface area contributed by atoms with E-state index in [-0.39, 0.29) is 22.0 Å². The van der Waals surface area contributed by atoms with Crippen LogP contribution in [0.25, 0.3) is 0 Å². The number of hydrogen-bond donors (Lipinski definition) is 1. The minimum Gasteiger partial charge on any atom is -0.496 e. The monoisotopic (exact) mass is 441 g/mol. The molecule has 164 valence electrons. The number of hydrogen-bond acceptors (Lipinski definition) is 5. The van der Waals surface area contributed by atoms with Gasteiger partial charge in [0.2, 0.25) is 0 Å². The molecule has 0 aliphatic heterocycles. The van der Waals surface area contributed by atoms with Crippen LogP contribution < -0.4 is 9.46 Å². The van der Waals surface area contributed by atoms with Gasteiger partial charge in [0.1, 0.15) is 11.4 Å². The highest BCUT2D eigenvalue weighted by Crippen LogP contribution is 2.30. The summed E-state index contributed by atoms with van der Waals surface area (Å²) in [6.45, 7) is 7.83. The third-order valence-electron chi connectivity index (χ3n) is 4.97. The molecule has 1 heterocycles. The molecule has 7 nitrogen and oxygen atoms in total. The number of carbonyl (C=O) groups excluding carboxylic acids is 1. The molecule has 1 atom stereocenters. The Bertz CT molecular complexity index is 1180. The van der Waals surface area contributed by atoms with Gasteiger partial charge >= 0.3 is 0 Å². The first-order valence-electron chi connectivity index (χ1n) is 9.89. The van der Waals surface area contributed by atoms with Gasteiger partial charge in [-0.3, -0.25) is 9.48 Å². The Morgan fingerprint density at radius 2 is 1.68 bits per heavy atom. The van der Waals surface area contributed by atoms with Crippen molar-refractivity contribution in [3.63, 3.8) is 0 Å². The number of nitrogens with one attached hydrogen (secondary N) is 1. The Hall–Kier alpha value is -3.13. The molecule has 8 heteroatoms. The van der Waals surface area contributed by atoms with E-state index in [9.17, 15) is 13.2 Å². The van der Waals surface area contributed by atoms with Crippen molar-refractivity contribution in [3.05, 3.63) is 77.6 Å². The quantitative estimate of drug-likeness (QED) is 0.626. The molecule has 2 aromatic carbocycles. The second-order valence-corrected chi connectivity index (χ2v) is 9.96. The number of ether oxygens (including phenoxy) is 1. The summed E-state index contributed by atoms with van der Waals surface area (Å²) < 4.78 is 34.6. The average Bonchev–Trinajstić information content (AvgIpc) is 3.20. The molecule has 0 bridgehead atoms. The summed E-state index contributed by atoms with van der Waals surface area (Å²) in [5.41, 5.74) is 1.33. The lowest BCUT2D eigenvalue weighted by Gasteiger charge is -2.19. The zero-order valence-corrected chi connectivity index (χ0v) is 19.1. The number of para-hydroxylation sites is 1. The van der Waals surface area contributed by atoms with Crippen LogP contribution in [0.4, 0.5) is 0 Å². The number of nitrogens with zero attached hydrogens (tertiary/aromatic N) is 2. The van der Waals surface area contributed by atoms with Crippen LogP contribution in [0.5, 0.6) is 5.75 Å². The average molecular weight is 442 g/mol. The maximum Gasteiger partial charge on any atom is 0.283 e. The van der Waals surface area contributed by atoms with Crippen molar-refractivity contribution in [1.29, 1.82) is 0 Å². The number of rotatable bonds is 6. The standard InChI is InChI=1S/C23H27N3O4S/c1-16(18-13-9-10-14-20(18)30-5)26-19(15-21(24-26)23(2,3)4)22(27)25-31(28,29)17-11-7-6-8-12-17/h6-16H,1-5H3,(H,25,27). The van der Waals surface area contributed by atoms with Crippen molar-refractivity contribution in [2.24, 2.45) is 0 Å². The van der Waals surface area contributed by atoms with E-state index >= 15 is 0 Å². The largest absolute Gasteiger partial charge is 0.496 e. The van der Waals surface area contributed by atoms with Gasteiger partial charge in [0.25, 0.3) is 15.9 Å². The van der Waals surface area contributed by atoms with Gasteiger partial charge < -0.3 is 4.74 Å². The minimum absolute atomic E-state index is 0.0169. The molecule has 1 N–H and O–H groups in total. The Labute approximate surface area is 183 Å². The van der Waals surface area contributed by atoms with E-state index in [2.05, 4.69) is 9.82 Å². The van der Waals surface area contributed by atoms with Gasteiger partial charge in [0.15, 0.2) is 0 Å². The third-order valence-corrected chi connectivity index (χ3v) is 6.32. The van der Waals surface area contributed by atoms with Crippen LogP contribution in [0.15, 0.2) is 65.6 Å². The lowest BCUT2D eigenvalue weighted by Crippen LogP contribution is -2.32. The second-order valence-electron chi connectivity index (χ2n) is 8.27. The van der Waals surface area contributed by atoms with Crippen molar-refractivity contribution in [1.82, 2.24) is 14.5 Å². The lowest BCUT2D eigenvalue weighted by atomic mass is 9.92. The van der Waals surface area contributed by atoms with Gasteiger partial charge in [-0.05, 0) is 31.2 Å². The first kappa shape index (κ1) is 22.6. The van der Waals surface area contributed by atoms with E-state index in [1.54, 1.807) is 36.1 Å². The summed E-state index contributed by atoms with van der Waals surface area (Å²) in [6, 6.07) is 16.5. The SMILES string of the molecule is COc1ccccc1C(C)n1nc(C(C)(C)C)cc1C(=O)NS(=O)(=O)c1ccccc1. The molecular weight excluding hydrogens is 414 g/mol. The molecule has 3 aromatic rings. The van der Waals surface area contributed by atoms with E-state index in [0.29, 0.717) is 11.4 Å². The topological polar surface area (TPSA) is 90.3 Å². The van der Waals surface area contributed by atoms with E-state index in [1.165, 1.54) is 12.1 Å². The Balaban J connectivity index is 2.05. The van der Waals surface area contributed by atoms with Crippen LogP contribution in [0, 0.1) is 0 Å². The molecule has 3 rings (SSSR count). The summed E-state index contributed by atoms with van der Waals surface area (Å²) in [5.74, 6) is -0.0836. The maximum atomic E-state index is 13.1. The van der Waals surface area contributed by atoms with Crippen molar-refractivity contribution in [2.45, 2.75) is 44.0 Å². The van der Waals surface area contributed by atoms with Crippen LogP contribution in [0.3, 0.4) is 0 Å². The highest BCUT2D eigenvalue weighted by atomic mass is 32.2.